The van der Waals surface area contributed by atoms with Crippen LogP contribution in [-0.4, -0.2) is 10.9 Å². The van der Waals surface area contributed by atoms with E-state index < -0.39 is 0 Å². The van der Waals surface area contributed by atoms with Crippen LogP contribution in [0.1, 0.15) is 73.9 Å². The van der Waals surface area contributed by atoms with Gasteiger partial charge in [-0.3, -0.25) is 0 Å². The van der Waals surface area contributed by atoms with Crippen molar-refractivity contribution < 1.29 is 71.5 Å². The standard InChI is InChI=1S/2C20H17.2C2H6Si.2ClH.2Zr/c2*1-13-7-9-18(14(13)2)16-8-10-20-17(12-16)11-15-5-3-4-6-19(15)20;2*1-3-2;;;;/h2*3-8,10H,9,11H2,1-2H3;2*1-2H3;2*1H;;/q2*-1;;;;;;/p-2. The summed E-state index contributed by atoms with van der Waals surface area (Å²) in [6, 6.07) is 33.8. The van der Waals surface area contributed by atoms with Crippen LogP contribution in [0.15, 0.2) is 107 Å². The topological polar surface area (TPSA) is 0 Å². The van der Waals surface area contributed by atoms with Gasteiger partial charge >= 0.3 is 83.7 Å². The number of halogens is 2. The predicted octanol–water partition coefficient (Wildman–Crippen LogP) is 5.94. The average molecular weight is 884 g/mol. The first-order valence-electron chi connectivity index (χ1n) is 17.0. The SMILES string of the molecule is CC1=CCC(c2[c-]c3c(cc2)-c2ccccc2C3)=C1C.CC1=CCC(c2[c-]c3c(cc2)-c2ccccc2C3)=C1C.C[Si](C)=[Zr].C[Si](C)=[Zr].[Cl-].[Cl-]. The Morgan fingerprint density at radius 2 is 0.840 bits per heavy atom. The molecular formula is C44H46Cl2Si2Zr2-4. The van der Waals surface area contributed by atoms with E-state index in [4.69, 9.17) is 0 Å². The fraction of sp³-hybridized carbons (Fsp3) is 0.273. The maximum atomic E-state index is 3.67. The van der Waals surface area contributed by atoms with Gasteiger partial charge in [0.25, 0.3) is 0 Å². The summed E-state index contributed by atoms with van der Waals surface area (Å²) in [4.78, 5) is 0. The number of hydrogen-bond acceptors (Lipinski definition) is 0. The van der Waals surface area contributed by atoms with E-state index in [1.807, 2.05) is 0 Å². The number of rotatable bonds is 2. The summed E-state index contributed by atoms with van der Waals surface area (Å²) in [6.07, 6.45) is 8.80. The molecule has 0 unspecified atom stereocenters. The molecule has 0 atom stereocenters. The molecule has 0 aliphatic heterocycles. The maximum absolute atomic E-state index is 3.67. The van der Waals surface area contributed by atoms with Crippen LogP contribution in [0.2, 0.25) is 26.2 Å². The average Bonchev–Trinajstić information content (AvgIpc) is 3.79. The molecule has 4 aliphatic rings. The Balaban J connectivity index is 0.000000216. The van der Waals surface area contributed by atoms with Gasteiger partial charge in [0.2, 0.25) is 0 Å². The second-order valence-electron chi connectivity index (χ2n) is 13.6. The summed E-state index contributed by atoms with van der Waals surface area (Å²) < 4.78 is 0. The molecule has 50 heavy (non-hydrogen) atoms. The number of allylic oxidation sites excluding steroid dienone is 8. The zero-order valence-electron chi connectivity index (χ0n) is 30.7. The van der Waals surface area contributed by atoms with Crippen LogP contribution >= 0.6 is 0 Å². The van der Waals surface area contributed by atoms with Crippen molar-refractivity contribution in [2.45, 2.75) is 79.6 Å². The summed E-state index contributed by atoms with van der Waals surface area (Å²) in [7, 11) is 0. The first-order chi connectivity index (χ1) is 22.9. The van der Waals surface area contributed by atoms with Crippen LogP contribution in [0.5, 0.6) is 0 Å². The fourth-order valence-corrected chi connectivity index (χ4v) is 6.69. The molecule has 256 valence electrons. The minimum absolute atomic E-state index is 0. The van der Waals surface area contributed by atoms with Crippen LogP contribution in [0.25, 0.3) is 33.4 Å². The van der Waals surface area contributed by atoms with Gasteiger partial charge < -0.3 is 24.8 Å². The molecular weight excluding hydrogens is 838 g/mol. The van der Waals surface area contributed by atoms with Gasteiger partial charge in [-0.1, -0.05) is 105 Å². The van der Waals surface area contributed by atoms with Crippen molar-refractivity contribution >= 4 is 22.0 Å². The third kappa shape index (κ3) is 10.4. The molecule has 0 bridgehead atoms. The predicted molar refractivity (Wildman–Crippen MR) is 204 cm³/mol. The maximum Gasteiger partial charge on any atom is -1.00 e. The van der Waals surface area contributed by atoms with Crippen LogP contribution in [0, 0.1) is 12.1 Å². The summed E-state index contributed by atoms with van der Waals surface area (Å²) in [5.74, 6) is 0. The van der Waals surface area contributed by atoms with Gasteiger partial charge in [-0.2, -0.15) is 0 Å². The van der Waals surface area contributed by atoms with Crippen molar-refractivity contribution in [2.75, 3.05) is 0 Å². The molecule has 0 spiro atoms. The van der Waals surface area contributed by atoms with Crippen LogP contribution in [0.4, 0.5) is 0 Å². The van der Waals surface area contributed by atoms with E-state index in [0.29, 0.717) is 0 Å². The van der Waals surface area contributed by atoms with Crippen LogP contribution < -0.4 is 24.8 Å². The summed E-state index contributed by atoms with van der Waals surface area (Å²) >= 11 is 3.48. The molecule has 0 saturated heterocycles. The molecule has 6 heteroatoms. The monoisotopic (exact) mass is 880 g/mol. The van der Waals surface area contributed by atoms with Gasteiger partial charge in [0.05, 0.1) is 0 Å². The molecule has 8 rings (SSSR count). The molecule has 4 aromatic carbocycles. The van der Waals surface area contributed by atoms with Gasteiger partial charge in [0, 0.05) is 0 Å². The Morgan fingerprint density at radius 3 is 1.16 bits per heavy atom. The normalized spacial score (nSPS) is 14.0. The zero-order valence-corrected chi connectivity index (χ0v) is 39.1. The number of benzene rings is 4. The Kier molecular flexibility index (Phi) is 16.9. The minimum atomic E-state index is 0. The van der Waals surface area contributed by atoms with Crippen LogP contribution in [-0.2, 0) is 59.5 Å². The van der Waals surface area contributed by atoms with Crippen molar-refractivity contribution in [3.8, 4) is 22.3 Å². The molecule has 0 heterocycles. The van der Waals surface area contributed by atoms with Crippen molar-refractivity contribution in [1.29, 1.82) is 0 Å². The Labute approximate surface area is 344 Å². The molecule has 0 N–H and O–H groups in total. The van der Waals surface area contributed by atoms with Gasteiger partial charge in [0.1, 0.15) is 0 Å². The van der Waals surface area contributed by atoms with Crippen molar-refractivity contribution in [1.82, 2.24) is 0 Å². The van der Waals surface area contributed by atoms with E-state index in [1.54, 1.807) is 46.7 Å². The molecule has 0 saturated carbocycles. The fourth-order valence-electron chi connectivity index (χ4n) is 6.69. The first kappa shape index (κ1) is 43.0. The second kappa shape index (κ2) is 19.6. The molecule has 0 fully saturated rings. The van der Waals surface area contributed by atoms with Crippen molar-refractivity contribution in [2.24, 2.45) is 0 Å². The second-order valence-corrected chi connectivity index (χ2v) is 32.3. The zero-order chi connectivity index (χ0) is 34.5. The number of fused-ring (bicyclic) bond motifs is 6. The summed E-state index contributed by atoms with van der Waals surface area (Å²) in [5.41, 5.74) is 22.6. The van der Waals surface area contributed by atoms with Gasteiger partial charge in [-0.05, 0) is 64.5 Å². The molecule has 0 aromatic heterocycles. The molecule has 0 nitrogen and oxygen atoms in total. The molecule has 4 aromatic rings. The Morgan fingerprint density at radius 1 is 0.500 bits per heavy atom. The third-order valence-corrected chi connectivity index (χ3v) is 9.37. The number of hydrogen-bond donors (Lipinski definition) is 0. The first-order valence-corrected chi connectivity index (χ1v) is 29.4. The van der Waals surface area contributed by atoms with Gasteiger partial charge in [-0.15, -0.1) is 69.8 Å². The largest absolute Gasteiger partial charge is 1.00 e. The van der Waals surface area contributed by atoms with E-state index in [-0.39, 0.29) is 35.7 Å². The summed E-state index contributed by atoms with van der Waals surface area (Å²) in [6.45, 7) is 18.1. The third-order valence-electron chi connectivity index (χ3n) is 9.37. The van der Waals surface area contributed by atoms with E-state index in [2.05, 4.69) is 151 Å². The Bertz CT molecular complexity index is 1890. The van der Waals surface area contributed by atoms with E-state index in [9.17, 15) is 0 Å². The molecule has 0 amide bonds. The van der Waals surface area contributed by atoms with Crippen molar-refractivity contribution in [3.63, 3.8) is 0 Å². The minimum Gasteiger partial charge on any atom is -1.00 e. The molecule has 0 radical (unpaired) electrons. The van der Waals surface area contributed by atoms with E-state index >= 15 is 0 Å². The van der Waals surface area contributed by atoms with Gasteiger partial charge in [-0.25, -0.2) is 0 Å². The smallest absolute Gasteiger partial charge is 1.00 e. The van der Waals surface area contributed by atoms with Crippen LogP contribution in [0.3, 0.4) is 0 Å². The van der Waals surface area contributed by atoms with E-state index in [1.165, 1.54) is 89.1 Å². The van der Waals surface area contributed by atoms with E-state index in [0.717, 1.165) is 25.7 Å². The van der Waals surface area contributed by atoms with Gasteiger partial charge in [0.15, 0.2) is 0 Å². The quantitative estimate of drug-likeness (QED) is 0.150. The Hall–Kier alpha value is -1.38. The molecule has 4 aliphatic carbocycles. The van der Waals surface area contributed by atoms with Crippen molar-refractivity contribution in [3.05, 3.63) is 153 Å². The summed E-state index contributed by atoms with van der Waals surface area (Å²) in [5, 5.41) is 0.